The molecule has 0 aliphatic carbocycles. The summed E-state index contributed by atoms with van der Waals surface area (Å²) in [5.74, 6) is -0.444. The van der Waals surface area contributed by atoms with Crippen molar-refractivity contribution < 1.29 is 9.59 Å². The van der Waals surface area contributed by atoms with Crippen molar-refractivity contribution >= 4 is 17.6 Å². The van der Waals surface area contributed by atoms with Crippen LogP contribution in [0.15, 0.2) is 55.0 Å². The summed E-state index contributed by atoms with van der Waals surface area (Å²) >= 11 is 0. The monoisotopic (exact) mass is 336 g/mol. The Balaban J connectivity index is 1.82. The third-order valence-electron chi connectivity index (χ3n) is 3.44. The van der Waals surface area contributed by atoms with Gasteiger partial charge in [-0.3, -0.25) is 19.7 Å². The highest BCUT2D eigenvalue weighted by Gasteiger charge is 2.24. The molecule has 0 saturated heterocycles. The van der Waals surface area contributed by atoms with Gasteiger partial charge in [0.2, 0.25) is 0 Å². The van der Waals surface area contributed by atoms with Crippen LogP contribution in [-0.2, 0) is 4.79 Å². The number of anilines is 1. The van der Waals surface area contributed by atoms with Gasteiger partial charge in [-0.05, 0) is 12.5 Å². The molecule has 1 unspecified atom stereocenters. The van der Waals surface area contributed by atoms with Crippen LogP contribution in [0.25, 0.3) is 0 Å². The lowest BCUT2D eigenvalue weighted by atomic mass is 10.1. The third kappa shape index (κ3) is 4.05. The fourth-order valence-corrected chi connectivity index (χ4v) is 2.19. The van der Waals surface area contributed by atoms with Crippen molar-refractivity contribution in [2.24, 2.45) is 0 Å². The summed E-state index contributed by atoms with van der Waals surface area (Å²) in [5.41, 5.74) is 1.49. The van der Waals surface area contributed by atoms with Gasteiger partial charge in [-0.25, -0.2) is 4.98 Å². The molecule has 2 heterocycles. The number of aromatic amines is 1. The Hall–Kier alpha value is -3.55. The van der Waals surface area contributed by atoms with Gasteiger partial charge in [0, 0.05) is 12.3 Å². The number of carbonyl (C=O) groups excluding carboxylic acids is 2. The molecule has 8 heteroatoms. The van der Waals surface area contributed by atoms with E-state index in [1.807, 2.05) is 6.07 Å². The first-order chi connectivity index (χ1) is 12.1. The molecule has 3 aromatic rings. The van der Waals surface area contributed by atoms with Crippen LogP contribution in [0.1, 0.15) is 27.8 Å². The van der Waals surface area contributed by atoms with E-state index in [-0.39, 0.29) is 5.69 Å². The second-order valence-electron chi connectivity index (χ2n) is 5.32. The minimum atomic E-state index is -0.889. The molecule has 126 valence electrons. The van der Waals surface area contributed by atoms with E-state index in [2.05, 4.69) is 30.8 Å². The number of carbonyl (C=O) groups is 2. The maximum atomic E-state index is 12.6. The van der Waals surface area contributed by atoms with E-state index in [0.717, 1.165) is 0 Å². The molecule has 0 fully saturated rings. The lowest BCUT2D eigenvalue weighted by Crippen LogP contribution is -2.37. The fourth-order valence-electron chi connectivity index (χ4n) is 2.19. The first-order valence-electron chi connectivity index (χ1n) is 7.58. The zero-order valence-electron chi connectivity index (χ0n) is 13.4. The lowest BCUT2D eigenvalue weighted by Gasteiger charge is -2.18. The van der Waals surface area contributed by atoms with Gasteiger partial charge in [-0.1, -0.05) is 30.3 Å². The molecule has 3 N–H and O–H groups in total. The highest BCUT2D eigenvalue weighted by molar-refractivity contribution is 6.00. The number of nitrogens with zero attached hydrogens (tertiary/aromatic N) is 3. The maximum Gasteiger partial charge on any atom is 0.272 e. The second kappa shape index (κ2) is 7.35. The standard InChI is InChI=1S/C17H16N6O2/c1-11-9-19-13(10-18-11)16(24)22-15(12-5-3-2-4-6-12)17(25)21-14-7-8-20-23-14/h2-10,15H,1H3,(H,22,24)(H2,20,21,23,25). The summed E-state index contributed by atoms with van der Waals surface area (Å²) < 4.78 is 0. The number of hydrogen-bond donors (Lipinski definition) is 3. The summed E-state index contributed by atoms with van der Waals surface area (Å²) in [5, 5.41) is 11.8. The van der Waals surface area contributed by atoms with Crippen LogP contribution in [0, 0.1) is 6.92 Å². The summed E-state index contributed by atoms with van der Waals surface area (Å²) in [4.78, 5) is 33.1. The number of H-pyrrole nitrogens is 1. The zero-order valence-corrected chi connectivity index (χ0v) is 13.4. The van der Waals surface area contributed by atoms with E-state index in [1.165, 1.54) is 18.6 Å². The molecular formula is C17H16N6O2. The van der Waals surface area contributed by atoms with E-state index < -0.39 is 17.9 Å². The molecule has 0 radical (unpaired) electrons. The number of aryl methyl sites for hydroxylation is 1. The normalized spacial score (nSPS) is 11.6. The predicted octanol–water partition coefficient (Wildman–Crippen LogP) is 1.62. The van der Waals surface area contributed by atoms with Crippen molar-refractivity contribution in [2.45, 2.75) is 13.0 Å². The minimum absolute atomic E-state index is 0.140. The van der Waals surface area contributed by atoms with Crippen LogP contribution in [0.3, 0.4) is 0 Å². The van der Waals surface area contributed by atoms with Gasteiger partial charge in [0.25, 0.3) is 11.8 Å². The Labute approximate surface area is 143 Å². The Morgan fingerprint density at radius 2 is 1.88 bits per heavy atom. The van der Waals surface area contributed by atoms with Gasteiger partial charge in [0.1, 0.15) is 17.6 Å². The van der Waals surface area contributed by atoms with Gasteiger partial charge in [0.05, 0.1) is 18.1 Å². The summed E-state index contributed by atoms with van der Waals surface area (Å²) in [6, 6.07) is 9.68. The average molecular weight is 336 g/mol. The molecule has 0 aliphatic heterocycles. The summed E-state index contributed by atoms with van der Waals surface area (Å²) in [6.07, 6.45) is 4.39. The van der Waals surface area contributed by atoms with E-state index >= 15 is 0 Å². The number of hydrogen-bond acceptors (Lipinski definition) is 5. The minimum Gasteiger partial charge on any atom is -0.335 e. The zero-order chi connectivity index (χ0) is 17.6. The fraction of sp³-hybridized carbons (Fsp3) is 0.118. The lowest BCUT2D eigenvalue weighted by molar-refractivity contribution is -0.118. The van der Waals surface area contributed by atoms with E-state index in [1.54, 1.807) is 37.3 Å². The van der Waals surface area contributed by atoms with Gasteiger partial charge in [-0.15, -0.1) is 0 Å². The molecule has 0 saturated carbocycles. The maximum absolute atomic E-state index is 12.6. The van der Waals surface area contributed by atoms with Crippen molar-refractivity contribution in [1.29, 1.82) is 0 Å². The Morgan fingerprint density at radius 1 is 1.08 bits per heavy atom. The van der Waals surface area contributed by atoms with Gasteiger partial charge >= 0.3 is 0 Å². The Morgan fingerprint density at radius 3 is 2.52 bits per heavy atom. The molecule has 0 bridgehead atoms. The number of aromatic nitrogens is 4. The summed E-state index contributed by atoms with van der Waals surface area (Å²) in [6.45, 7) is 1.78. The molecule has 2 aromatic heterocycles. The van der Waals surface area contributed by atoms with E-state index in [0.29, 0.717) is 17.1 Å². The Bertz CT molecular complexity index is 847. The van der Waals surface area contributed by atoms with Crippen molar-refractivity contribution in [2.75, 3.05) is 5.32 Å². The highest BCUT2D eigenvalue weighted by atomic mass is 16.2. The molecular weight excluding hydrogens is 320 g/mol. The number of nitrogens with one attached hydrogen (secondary N) is 3. The molecule has 0 aliphatic rings. The van der Waals surface area contributed by atoms with Crippen molar-refractivity contribution in [3.63, 3.8) is 0 Å². The average Bonchev–Trinajstić information content (AvgIpc) is 3.13. The molecule has 1 atom stereocenters. The van der Waals surface area contributed by atoms with Crippen LogP contribution in [0.2, 0.25) is 0 Å². The van der Waals surface area contributed by atoms with Gasteiger partial charge in [0.15, 0.2) is 0 Å². The number of amides is 2. The first kappa shape index (κ1) is 16.3. The Kier molecular flexibility index (Phi) is 4.79. The van der Waals surface area contributed by atoms with Crippen LogP contribution in [-0.4, -0.2) is 32.0 Å². The van der Waals surface area contributed by atoms with E-state index in [4.69, 9.17) is 0 Å². The van der Waals surface area contributed by atoms with Crippen LogP contribution in [0.5, 0.6) is 0 Å². The number of benzene rings is 1. The van der Waals surface area contributed by atoms with Gasteiger partial charge < -0.3 is 10.6 Å². The molecule has 2 amide bonds. The van der Waals surface area contributed by atoms with Crippen LogP contribution < -0.4 is 10.6 Å². The van der Waals surface area contributed by atoms with Crippen molar-refractivity contribution in [3.05, 3.63) is 71.9 Å². The molecule has 25 heavy (non-hydrogen) atoms. The molecule has 0 spiro atoms. The topological polar surface area (TPSA) is 113 Å². The molecule has 3 rings (SSSR count). The third-order valence-corrected chi connectivity index (χ3v) is 3.44. The second-order valence-corrected chi connectivity index (χ2v) is 5.32. The molecule has 1 aromatic carbocycles. The van der Waals surface area contributed by atoms with Crippen molar-refractivity contribution in [1.82, 2.24) is 25.5 Å². The largest absolute Gasteiger partial charge is 0.335 e. The predicted molar refractivity (Wildman–Crippen MR) is 90.6 cm³/mol. The van der Waals surface area contributed by atoms with E-state index in [9.17, 15) is 9.59 Å². The first-order valence-corrected chi connectivity index (χ1v) is 7.58. The van der Waals surface area contributed by atoms with Gasteiger partial charge in [-0.2, -0.15) is 5.10 Å². The SMILES string of the molecule is Cc1cnc(C(=O)NC(C(=O)Nc2ccn[nH]2)c2ccccc2)cn1. The van der Waals surface area contributed by atoms with Crippen LogP contribution in [0.4, 0.5) is 5.82 Å². The summed E-state index contributed by atoms with van der Waals surface area (Å²) in [7, 11) is 0. The quantitative estimate of drug-likeness (QED) is 0.655. The van der Waals surface area contributed by atoms with Crippen LogP contribution >= 0.6 is 0 Å². The molecule has 8 nitrogen and oxygen atoms in total. The van der Waals surface area contributed by atoms with Crippen molar-refractivity contribution in [3.8, 4) is 0 Å². The smallest absolute Gasteiger partial charge is 0.272 e. The highest BCUT2D eigenvalue weighted by Crippen LogP contribution is 2.15. The number of rotatable bonds is 5.